The van der Waals surface area contributed by atoms with Crippen molar-refractivity contribution in [1.82, 2.24) is 15.3 Å². The molecule has 194 valence electrons. The molecule has 0 fully saturated rings. The molecule has 0 aliphatic carbocycles. The van der Waals surface area contributed by atoms with Gasteiger partial charge < -0.3 is 34.7 Å². The lowest BCUT2D eigenvalue weighted by Gasteiger charge is -2.24. The SMILES string of the molecule is COc1cc(C(=O)NCC(C)(O)c2ccc(OC)c(-c3c[nH]c4c(F)cccc34)n2)ccc1OCCO. The fourth-order valence-electron chi connectivity index (χ4n) is 3.95. The highest BCUT2D eigenvalue weighted by molar-refractivity contribution is 5.96. The van der Waals surface area contributed by atoms with E-state index in [9.17, 15) is 14.3 Å². The summed E-state index contributed by atoms with van der Waals surface area (Å²) in [4.78, 5) is 20.4. The standard InChI is InChI=1S/C27H28FN3O6/c1-27(34,15-30-26(33)16-7-8-20(37-12-11-32)22(13-16)36-3)23-10-9-21(35-2)25(31-23)18-14-29-24-17(18)5-4-6-19(24)28/h4-10,13-14,29,32,34H,11-12,15H2,1-3H3,(H,30,33). The number of fused-ring (bicyclic) bond motifs is 1. The van der Waals surface area contributed by atoms with Crippen LogP contribution in [0.3, 0.4) is 0 Å². The minimum absolute atomic E-state index is 0.0924. The quantitative estimate of drug-likeness (QED) is 0.258. The number of amides is 1. The zero-order chi connectivity index (χ0) is 26.6. The van der Waals surface area contributed by atoms with Crippen LogP contribution in [-0.2, 0) is 5.60 Å². The Bertz CT molecular complexity index is 1420. The van der Waals surface area contributed by atoms with Crippen LogP contribution in [0.15, 0.2) is 54.7 Å². The average Bonchev–Trinajstić information content (AvgIpc) is 3.35. The summed E-state index contributed by atoms with van der Waals surface area (Å²) in [7, 11) is 2.95. The number of pyridine rings is 1. The van der Waals surface area contributed by atoms with Gasteiger partial charge in [0.1, 0.15) is 29.5 Å². The Morgan fingerprint density at radius 3 is 2.59 bits per heavy atom. The molecule has 10 heteroatoms. The molecule has 0 bridgehead atoms. The van der Waals surface area contributed by atoms with Crippen LogP contribution < -0.4 is 19.5 Å². The van der Waals surface area contributed by atoms with E-state index in [1.165, 1.54) is 33.3 Å². The van der Waals surface area contributed by atoms with Crippen LogP contribution in [0.4, 0.5) is 4.39 Å². The maximum Gasteiger partial charge on any atom is 0.251 e. The number of benzene rings is 2. The van der Waals surface area contributed by atoms with Gasteiger partial charge in [0.15, 0.2) is 11.5 Å². The lowest BCUT2D eigenvalue weighted by atomic mass is 9.99. The predicted molar refractivity (Wildman–Crippen MR) is 136 cm³/mol. The van der Waals surface area contributed by atoms with Crippen molar-refractivity contribution in [2.45, 2.75) is 12.5 Å². The zero-order valence-corrected chi connectivity index (χ0v) is 20.7. The molecule has 1 amide bonds. The molecule has 2 aromatic carbocycles. The fourth-order valence-corrected chi connectivity index (χ4v) is 3.95. The number of halogens is 1. The normalized spacial score (nSPS) is 12.7. The Morgan fingerprint density at radius 2 is 1.86 bits per heavy atom. The minimum atomic E-state index is -1.54. The molecule has 0 radical (unpaired) electrons. The number of ether oxygens (including phenoxy) is 3. The second-order valence-electron chi connectivity index (χ2n) is 8.51. The van der Waals surface area contributed by atoms with Gasteiger partial charge in [-0.1, -0.05) is 12.1 Å². The first-order chi connectivity index (χ1) is 17.8. The van der Waals surface area contributed by atoms with Crippen molar-refractivity contribution >= 4 is 16.8 Å². The third kappa shape index (κ3) is 5.35. The maximum atomic E-state index is 14.2. The highest BCUT2D eigenvalue weighted by Crippen LogP contribution is 2.36. The third-order valence-electron chi connectivity index (χ3n) is 5.92. The number of methoxy groups -OCH3 is 2. The Hall–Kier alpha value is -4.15. The van der Waals surface area contributed by atoms with E-state index in [0.29, 0.717) is 50.7 Å². The van der Waals surface area contributed by atoms with E-state index in [1.807, 2.05) is 0 Å². The number of carbonyl (C=O) groups is 1. The Balaban J connectivity index is 1.57. The number of para-hydroxylation sites is 1. The van der Waals surface area contributed by atoms with Gasteiger partial charge in [-0.15, -0.1) is 0 Å². The maximum absolute atomic E-state index is 14.2. The molecule has 2 heterocycles. The van der Waals surface area contributed by atoms with Crippen LogP contribution >= 0.6 is 0 Å². The molecular formula is C27H28FN3O6. The molecule has 0 aliphatic heterocycles. The summed E-state index contributed by atoms with van der Waals surface area (Å²) in [5.74, 6) is 0.354. The van der Waals surface area contributed by atoms with Gasteiger partial charge in [0.2, 0.25) is 0 Å². The average molecular weight is 510 g/mol. The number of aliphatic hydroxyl groups is 2. The van der Waals surface area contributed by atoms with Crippen LogP contribution in [0.5, 0.6) is 17.2 Å². The number of rotatable bonds is 10. The largest absolute Gasteiger partial charge is 0.494 e. The molecular weight excluding hydrogens is 481 g/mol. The Kier molecular flexibility index (Phi) is 7.61. The van der Waals surface area contributed by atoms with Crippen LogP contribution in [0.25, 0.3) is 22.2 Å². The van der Waals surface area contributed by atoms with Crippen molar-refractivity contribution in [3.8, 4) is 28.5 Å². The molecule has 0 saturated carbocycles. The molecule has 9 nitrogen and oxygen atoms in total. The van der Waals surface area contributed by atoms with Crippen molar-refractivity contribution in [3.05, 3.63) is 71.8 Å². The number of H-pyrrole nitrogens is 1. The number of nitrogens with one attached hydrogen (secondary N) is 2. The van der Waals surface area contributed by atoms with Gasteiger partial charge in [-0.05, 0) is 43.3 Å². The third-order valence-corrected chi connectivity index (χ3v) is 5.92. The van der Waals surface area contributed by atoms with Gasteiger partial charge in [-0.2, -0.15) is 0 Å². The summed E-state index contributed by atoms with van der Waals surface area (Å²) in [6.45, 7) is 1.33. The van der Waals surface area contributed by atoms with Gasteiger partial charge in [0, 0.05) is 22.7 Å². The van der Waals surface area contributed by atoms with E-state index >= 15 is 0 Å². The number of carbonyl (C=O) groups excluding carboxylic acids is 1. The molecule has 37 heavy (non-hydrogen) atoms. The van der Waals surface area contributed by atoms with Crippen molar-refractivity contribution in [2.24, 2.45) is 0 Å². The number of hydrogen-bond donors (Lipinski definition) is 4. The monoisotopic (exact) mass is 509 g/mol. The number of hydrogen-bond acceptors (Lipinski definition) is 7. The summed E-state index contributed by atoms with van der Waals surface area (Å²) in [5, 5.41) is 23.5. The van der Waals surface area contributed by atoms with E-state index in [4.69, 9.17) is 19.3 Å². The highest BCUT2D eigenvalue weighted by atomic mass is 19.1. The summed E-state index contributed by atoms with van der Waals surface area (Å²) < 4.78 is 30.4. The van der Waals surface area contributed by atoms with Gasteiger partial charge in [0.05, 0.1) is 38.6 Å². The minimum Gasteiger partial charge on any atom is -0.494 e. The fraction of sp³-hybridized carbons (Fsp3) is 0.259. The molecule has 1 atom stereocenters. The highest BCUT2D eigenvalue weighted by Gasteiger charge is 2.28. The Morgan fingerprint density at radius 1 is 1.11 bits per heavy atom. The molecule has 4 rings (SSSR count). The van der Waals surface area contributed by atoms with Crippen molar-refractivity contribution in [1.29, 1.82) is 0 Å². The van der Waals surface area contributed by atoms with Gasteiger partial charge in [-0.3, -0.25) is 4.79 Å². The summed E-state index contributed by atoms with van der Waals surface area (Å²) in [6, 6.07) is 12.7. The molecule has 2 aromatic heterocycles. The molecule has 0 spiro atoms. The summed E-state index contributed by atoms with van der Waals surface area (Å²) >= 11 is 0. The lowest BCUT2D eigenvalue weighted by molar-refractivity contribution is 0.0489. The first-order valence-electron chi connectivity index (χ1n) is 11.5. The van der Waals surface area contributed by atoms with Crippen LogP contribution in [-0.4, -0.2) is 60.1 Å². The van der Waals surface area contributed by atoms with Crippen molar-refractivity contribution in [2.75, 3.05) is 34.0 Å². The molecule has 4 aromatic rings. The Labute approximate surface area is 212 Å². The van der Waals surface area contributed by atoms with Crippen molar-refractivity contribution < 1.29 is 33.6 Å². The summed E-state index contributed by atoms with van der Waals surface area (Å²) in [6.07, 6.45) is 1.64. The molecule has 4 N–H and O–H groups in total. The van der Waals surface area contributed by atoms with Gasteiger partial charge in [0.25, 0.3) is 5.91 Å². The van der Waals surface area contributed by atoms with Crippen LogP contribution in [0, 0.1) is 5.82 Å². The van der Waals surface area contributed by atoms with E-state index in [-0.39, 0.29) is 19.8 Å². The van der Waals surface area contributed by atoms with E-state index in [1.54, 1.807) is 42.6 Å². The molecule has 1 unspecified atom stereocenters. The summed E-state index contributed by atoms with van der Waals surface area (Å²) in [5.41, 5.74) is 0.430. The first kappa shape index (κ1) is 25.9. The number of nitrogens with zero attached hydrogens (tertiary/aromatic N) is 1. The van der Waals surface area contributed by atoms with E-state index in [2.05, 4.69) is 15.3 Å². The van der Waals surface area contributed by atoms with Crippen molar-refractivity contribution in [3.63, 3.8) is 0 Å². The second-order valence-corrected chi connectivity index (χ2v) is 8.51. The number of aromatic nitrogens is 2. The van der Waals surface area contributed by atoms with Crippen LogP contribution in [0.1, 0.15) is 23.0 Å². The molecule has 0 aliphatic rings. The van der Waals surface area contributed by atoms with Crippen LogP contribution in [0.2, 0.25) is 0 Å². The van der Waals surface area contributed by atoms with E-state index < -0.39 is 17.3 Å². The number of aliphatic hydroxyl groups excluding tert-OH is 1. The topological polar surface area (TPSA) is 126 Å². The van der Waals surface area contributed by atoms with E-state index in [0.717, 1.165) is 0 Å². The van der Waals surface area contributed by atoms with Gasteiger partial charge >= 0.3 is 0 Å². The predicted octanol–water partition coefficient (Wildman–Crippen LogP) is 3.39. The van der Waals surface area contributed by atoms with Gasteiger partial charge in [-0.25, -0.2) is 9.37 Å². The first-order valence-corrected chi connectivity index (χ1v) is 11.5. The second kappa shape index (κ2) is 10.9. The zero-order valence-electron chi connectivity index (χ0n) is 20.7. The number of aromatic amines is 1. The molecule has 0 saturated heterocycles. The lowest BCUT2D eigenvalue weighted by Crippen LogP contribution is -2.39. The smallest absolute Gasteiger partial charge is 0.251 e.